The van der Waals surface area contributed by atoms with Crippen molar-refractivity contribution < 1.29 is 4.92 Å². The van der Waals surface area contributed by atoms with Crippen LogP contribution in [0.3, 0.4) is 0 Å². The number of nitrogens with two attached hydrogens (primary N) is 1. The number of anilines is 4. The summed E-state index contributed by atoms with van der Waals surface area (Å²) in [5.41, 5.74) is 7.25. The van der Waals surface area contributed by atoms with Crippen LogP contribution >= 0.6 is 0 Å². The van der Waals surface area contributed by atoms with Crippen LogP contribution in [-0.4, -0.2) is 29.0 Å². The molecule has 21 heavy (non-hydrogen) atoms. The molecule has 0 bridgehead atoms. The third kappa shape index (κ3) is 3.16. The van der Waals surface area contributed by atoms with Gasteiger partial charge in [0.15, 0.2) is 0 Å². The topological polar surface area (TPSA) is 110 Å². The monoisotopic (exact) mass is 288 g/mol. The second-order valence-corrected chi connectivity index (χ2v) is 4.69. The summed E-state index contributed by atoms with van der Waals surface area (Å²) in [6.07, 6.45) is 0. The first kappa shape index (κ1) is 14.5. The minimum absolute atomic E-state index is 0.00985. The fourth-order valence-electron chi connectivity index (χ4n) is 1.89. The highest BCUT2D eigenvalue weighted by atomic mass is 16.6. The predicted octanol–water partition coefficient (Wildman–Crippen LogP) is 2.09. The molecule has 8 heteroatoms. The van der Waals surface area contributed by atoms with Gasteiger partial charge in [0.2, 0.25) is 11.8 Å². The summed E-state index contributed by atoms with van der Waals surface area (Å²) in [6.45, 7) is 1.53. The number of hydrogen-bond donors (Lipinski definition) is 2. The van der Waals surface area contributed by atoms with Crippen LogP contribution in [0.1, 0.15) is 5.69 Å². The van der Waals surface area contributed by atoms with Crippen molar-refractivity contribution in [1.82, 2.24) is 9.97 Å². The van der Waals surface area contributed by atoms with Crippen LogP contribution in [-0.2, 0) is 0 Å². The molecular formula is C13H16N6O2. The Morgan fingerprint density at radius 1 is 1.33 bits per heavy atom. The van der Waals surface area contributed by atoms with Crippen LogP contribution in [0.4, 0.5) is 28.8 Å². The molecule has 0 saturated heterocycles. The molecule has 0 atom stereocenters. The van der Waals surface area contributed by atoms with E-state index in [1.54, 1.807) is 6.07 Å². The van der Waals surface area contributed by atoms with Gasteiger partial charge in [0.05, 0.1) is 4.92 Å². The summed E-state index contributed by atoms with van der Waals surface area (Å²) < 4.78 is 0. The Hall–Kier alpha value is -2.90. The van der Waals surface area contributed by atoms with Crippen molar-refractivity contribution in [3.05, 3.63) is 40.1 Å². The Bertz CT molecular complexity index is 686. The molecule has 0 aliphatic rings. The van der Waals surface area contributed by atoms with Gasteiger partial charge in [-0.3, -0.25) is 10.1 Å². The Balaban J connectivity index is 2.44. The lowest BCUT2D eigenvalue weighted by molar-refractivity contribution is -0.385. The first-order valence-corrected chi connectivity index (χ1v) is 6.21. The molecule has 0 radical (unpaired) electrons. The predicted molar refractivity (Wildman–Crippen MR) is 81.9 cm³/mol. The summed E-state index contributed by atoms with van der Waals surface area (Å²) >= 11 is 0. The average molecular weight is 288 g/mol. The van der Waals surface area contributed by atoms with E-state index in [1.165, 1.54) is 6.92 Å². The molecule has 0 unspecified atom stereocenters. The first-order chi connectivity index (χ1) is 9.88. The number of nitrogens with zero attached hydrogens (tertiary/aromatic N) is 4. The molecule has 2 rings (SSSR count). The highest BCUT2D eigenvalue weighted by Crippen LogP contribution is 2.29. The maximum absolute atomic E-state index is 11.2. The van der Waals surface area contributed by atoms with Gasteiger partial charge in [-0.25, -0.2) is 4.98 Å². The normalized spacial score (nSPS) is 10.2. The zero-order valence-corrected chi connectivity index (χ0v) is 12.0. The van der Waals surface area contributed by atoms with Crippen LogP contribution < -0.4 is 16.0 Å². The Morgan fingerprint density at radius 3 is 2.67 bits per heavy atom. The second-order valence-electron chi connectivity index (χ2n) is 4.69. The first-order valence-electron chi connectivity index (χ1n) is 6.21. The fraction of sp³-hybridized carbons (Fsp3) is 0.231. The highest BCUT2D eigenvalue weighted by molar-refractivity contribution is 5.70. The molecule has 0 aliphatic heterocycles. The molecule has 1 heterocycles. The Labute approximate surface area is 121 Å². The SMILES string of the molecule is Cc1nc(N)nc(Nc2cccc(N(C)C)c2)c1[N+](=O)[O-]. The molecule has 8 nitrogen and oxygen atoms in total. The maximum Gasteiger partial charge on any atom is 0.332 e. The van der Waals surface area contributed by atoms with Gasteiger partial charge in [0.1, 0.15) is 5.69 Å². The van der Waals surface area contributed by atoms with E-state index >= 15 is 0 Å². The van der Waals surface area contributed by atoms with Crippen LogP contribution in [0.15, 0.2) is 24.3 Å². The summed E-state index contributed by atoms with van der Waals surface area (Å²) in [7, 11) is 3.82. The third-order valence-electron chi connectivity index (χ3n) is 2.88. The van der Waals surface area contributed by atoms with Gasteiger partial charge < -0.3 is 16.0 Å². The van der Waals surface area contributed by atoms with E-state index in [2.05, 4.69) is 15.3 Å². The molecule has 0 saturated carbocycles. The molecule has 3 N–H and O–H groups in total. The third-order valence-corrected chi connectivity index (χ3v) is 2.88. The lowest BCUT2D eigenvalue weighted by Gasteiger charge is -2.14. The van der Waals surface area contributed by atoms with Crippen LogP contribution in [0.25, 0.3) is 0 Å². The van der Waals surface area contributed by atoms with Crippen molar-refractivity contribution in [2.45, 2.75) is 6.92 Å². The molecule has 0 spiro atoms. The van der Waals surface area contributed by atoms with Gasteiger partial charge in [0, 0.05) is 25.5 Å². The van der Waals surface area contributed by atoms with Gasteiger partial charge in [0.25, 0.3) is 0 Å². The van der Waals surface area contributed by atoms with Crippen molar-refractivity contribution in [3.63, 3.8) is 0 Å². The van der Waals surface area contributed by atoms with Crippen molar-refractivity contribution in [3.8, 4) is 0 Å². The molecule has 0 aliphatic carbocycles. The minimum Gasteiger partial charge on any atom is -0.378 e. The molecule has 0 fully saturated rings. The zero-order valence-electron chi connectivity index (χ0n) is 12.0. The van der Waals surface area contributed by atoms with Crippen LogP contribution in [0, 0.1) is 17.0 Å². The van der Waals surface area contributed by atoms with Gasteiger partial charge in [-0.2, -0.15) is 4.98 Å². The van der Waals surface area contributed by atoms with E-state index < -0.39 is 4.92 Å². The largest absolute Gasteiger partial charge is 0.378 e. The molecule has 2 aromatic rings. The van der Waals surface area contributed by atoms with E-state index in [-0.39, 0.29) is 23.1 Å². The molecule has 0 amide bonds. The number of nitro groups is 1. The van der Waals surface area contributed by atoms with Crippen molar-refractivity contribution in [2.24, 2.45) is 0 Å². The second kappa shape index (κ2) is 5.61. The van der Waals surface area contributed by atoms with Crippen molar-refractivity contribution in [2.75, 3.05) is 30.0 Å². The number of aromatic nitrogens is 2. The number of hydrogen-bond acceptors (Lipinski definition) is 7. The van der Waals surface area contributed by atoms with Crippen LogP contribution in [0.2, 0.25) is 0 Å². The molecule has 110 valence electrons. The number of benzene rings is 1. The highest BCUT2D eigenvalue weighted by Gasteiger charge is 2.21. The summed E-state index contributed by atoms with van der Waals surface area (Å²) in [5, 5.41) is 14.1. The molecule has 1 aromatic heterocycles. The smallest absolute Gasteiger partial charge is 0.332 e. The molecular weight excluding hydrogens is 272 g/mol. The number of rotatable bonds is 4. The van der Waals surface area contributed by atoms with Gasteiger partial charge in [-0.05, 0) is 25.1 Å². The quantitative estimate of drug-likeness (QED) is 0.654. The van der Waals surface area contributed by atoms with Crippen molar-refractivity contribution >= 4 is 28.8 Å². The van der Waals surface area contributed by atoms with E-state index in [0.29, 0.717) is 5.69 Å². The zero-order chi connectivity index (χ0) is 15.6. The number of nitrogen functional groups attached to an aromatic ring is 1. The number of aryl methyl sites for hydroxylation is 1. The summed E-state index contributed by atoms with van der Waals surface area (Å²) in [6, 6.07) is 7.43. The summed E-state index contributed by atoms with van der Waals surface area (Å²) in [4.78, 5) is 20.3. The van der Waals surface area contributed by atoms with Gasteiger partial charge >= 0.3 is 5.69 Å². The van der Waals surface area contributed by atoms with E-state index in [4.69, 9.17) is 5.73 Å². The lowest BCUT2D eigenvalue weighted by Crippen LogP contribution is -2.09. The fourth-order valence-corrected chi connectivity index (χ4v) is 1.89. The van der Waals surface area contributed by atoms with E-state index in [1.807, 2.05) is 37.2 Å². The standard InChI is InChI=1S/C13H16N6O2/c1-8-11(19(20)21)12(17-13(14)15-8)16-9-5-4-6-10(7-9)18(2)3/h4-7H,1-3H3,(H3,14,15,16,17). The number of nitrogens with one attached hydrogen (secondary N) is 1. The average Bonchev–Trinajstić information content (AvgIpc) is 2.37. The lowest BCUT2D eigenvalue weighted by atomic mass is 10.2. The Kier molecular flexibility index (Phi) is 3.88. The minimum atomic E-state index is -0.521. The molecule has 1 aromatic carbocycles. The van der Waals surface area contributed by atoms with Crippen LogP contribution in [0.5, 0.6) is 0 Å². The Morgan fingerprint density at radius 2 is 2.05 bits per heavy atom. The van der Waals surface area contributed by atoms with E-state index in [9.17, 15) is 10.1 Å². The van der Waals surface area contributed by atoms with E-state index in [0.717, 1.165) is 5.69 Å². The van der Waals surface area contributed by atoms with Gasteiger partial charge in [-0.1, -0.05) is 6.07 Å². The van der Waals surface area contributed by atoms with Crippen molar-refractivity contribution in [1.29, 1.82) is 0 Å². The summed E-state index contributed by atoms with van der Waals surface area (Å²) in [5.74, 6) is 0.0743. The maximum atomic E-state index is 11.2. The van der Waals surface area contributed by atoms with Gasteiger partial charge in [-0.15, -0.1) is 0 Å².